The molecule has 0 aliphatic carbocycles. The highest BCUT2D eigenvalue weighted by Gasteiger charge is 2.07. The minimum absolute atomic E-state index is 0.280. The highest BCUT2D eigenvalue weighted by atomic mass is 19.1. The van der Waals surface area contributed by atoms with Gasteiger partial charge < -0.3 is 4.74 Å². The molecular formula is C19H17FN2O. The molecule has 0 spiro atoms. The molecule has 1 aromatic heterocycles. The second-order valence-corrected chi connectivity index (χ2v) is 5.46. The van der Waals surface area contributed by atoms with E-state index in [2.05, 4.69) is 16.0 Å². The molecule has 0 fully saturated rings. The molecule has 0 bridgehead atoms. The van der Waals surface area contributed by atoms with Crippen LogP contribution in [0.1, 0.15) is 16.8 Å². The van der Waals surface area contributed by atoms with E-state index in [-0.39, 0.29) is 5.82 Å². The molecule has 1 heterocycles. The van der Waals surface area contributed by atoms with Gasteiger partial charge in [0.1, 0.15) is 12.4 Å². The summed E-state index contributed by atoms with van der Waals surface area (Å²) < 4.78 is 18.8. The number of aromatic nitrogens is 2. The summed E-state index contributed by atoms with van der Waals surface area (Å²) in [5.41, 5.74) is 3.84. The molecule has 0 saturated carbocycles. The largest absolute Gasteiger partial charge is 0.473 e. The van der Waals surface area contributed by atoms with E-state index in [0.717, 1.165) is 16.8 Å². The van der Waals surface area contributed by atoms with Gasteiger partial charge in [-0.2, -0.15) is 4.98 Å². The quantitative estimate of drug-likeness (QED) is 0.713. The van der Waals surface area contributed by atoms with Gasteiger partial charge in [0.2, 0.25) is 5.88 Å². The first-order valence-electron chi connectivity index (χ1n) is 7.40. The van der Waals surface area contributed by atoms with Gasteiger partial charge >= 0.3 is 0 Å². The summed E-state index contributed by atoms with van der Waals surface area (Å²) in [5.74, 6) is 0.764. The zero-order chi connectivity index (χ0) is 16.2. The molecule has 0 aliphatic heterocycles. The van der Waals surface area contributed by atoms with E-state index in [0.29, 0.717) is 18.3 Å². The van der Waals surface area contributed by atoms with E-state index in [1.807, 2.05) is 32.0 Å². The lowest BCUT2D eigenvalue weighted by Gasteiger charge is -2.09. The Bertz CT molecular complexity index is 816. The highest BCUT2D eigenvalue weighted by Crippen LogP contribution is 2.20. The van der Waals surface area contributed by atoms with Crippen molar-refractivity contribution in [3.63, 3.8) is 0 Å². The standard InChI is InChI=1S/C19H17FN2O/c1-13-4-3-5-15(10-13)12-23-18-11-14(2)21-19(22-18)16-6-8-17(20)9-7-16/h3-11H,12H2,1-2H3. The van der Waals surface area contributed by atoms with Crippen LogP contribution >= 0.6 is 0 Å². The Labute approximate surface area is 134 Å². The molecule has 0 aliphatic rings. The van der Waals surface area contributed by atoms with E-state index in [9.17, 15) is 4.39 Å². The maximum absolute atomic E-state index is 13.0. The van der Waals surface area contributed by atoms with Crippen molar-refractivity contribution in [2.75, 3.05) is 0 Å². The molecule has 3 aromatic rings. The Balaban J connectivity index is 1.81. The van der Waals surface area contributed by atoms with E-state index < -0.39 is 0 Å². The number of hydrogen-bond acceptors (Lipinski definition) is 3. The van der Waals surface area contributed by atoms with Gasteiger partial charge in [-0.15, -0.1) is 0 Å². The second kappa shape index (κ2) is 6.57. The molecule has 0 saturated heterocycles. The van der Waals surface area contributed by atoms with Gasteiger partial charge in [-0.05, 0) is 43.7 Å². The average Bonchev–Trinajstić information content (AvgIpc) is 2.53. The predicted molar refractivity (Wildman–Crippen MR) is 87.7 cm³/mol. The molecule has 23 heavy (non-hydrogen) atoms. The summed E-state index contributed by atoms with van der Waals surface area (Å²) in [6, 6.07) is 16.1. The number of nitrogens with zero attached hydrogens (tertiary/aromatic N) is 2. The fourth-order valence-electron chi connectivity index (χ4n) is 2.30. The maximum atomic E-state index is 13.0. The minimum Gasteiger partial charge on any atom is -0.473 e. The van der Waals surface area contributed by atoms with Crippen molar-refractivity contribution in [2.45, 2.75) is 20.5 Å². The summed E-state index contributed by atoms with van der Waals surface area (Å²) in [4.78, 5) is 8.80. The Hall–Kier alpha value is -2.75. The zero-order valence-corrected chi connectivity index (χ0v) is 13.1. The molecule has 0 amide bonds. The summed E-state index contributed by atoms with van der Waals surface area (Å²) in [6.07, 6.45) is 0. The first kappa shape index (κ1) is 15.2. The fourth-order valence-corrected chi connectivity index (χ4v) is 2.30. The van der Waals surface area contributed by atoms with Gasteiger partial charge in [-0.25, -0.2) is 9.37 Å². The van der Waals surface area contributed by atoms with Crippen molar-refractivity contribution in [2.24, 2.45) is 0 Å². The smallest absolute Gasteiger partial charge is 0.217 e. The van der Waals surface area contributed by atoms with Crippen LogP contribution in [0.3, 0.4) is 0 Å². The number of halogens is 1. The van der Waals surface area contributed by atoms with E-state index in [1.165, 1.54) is 17.7 Å². The average molecular weight is 308 g/mol. The molecule has 0 N–H and O–H groups in total. The molecule has 116 valence electrons. The first-order valence-corrected chi connectivity index (χ1v) is 7.40. The minimum atomic E-state index is -0.280. The predicted octanol–water partition coefficient (Wildman–Crippen LogP) is 4.48. The van der Waals surface area contributed by atoms with Crippen LogP contribution in [0, 0.1) is 19.7 Å². The van der Waals surface area contributed by atoms with Crippen molar-refractivity contribution >= 4 is 0 Å². The van der Waals surface area contributed by atoms with E-state index >= 15 is 0 Å². The fraction of sp³-hybridized carbons (Fsp3) is 0.158. The molecule has 4 heteroatoms. The van der Waals surface area contributed by atoms with Crippen LogP contribution in [-0.2, 0) is 6.61 Å². The van der Waals surface area contributed by atoms with Crippen molar-refractivity contribution in [1.29, 1.82) is 0 Å². The third kappa shape index (κ3) is 3.92. The van der Waals surface area contributed by atoms with Gasteiger partial charge in [0.15, 0.2) is 5.82 Å². The summed E-state index contributed by atoms with van der Waals surface area (Å²) in [7, 11) is 0. The molecule has 3 rings (SSSR count). The van der Waals surface area contributed by atoms with Gasteiger partial charge in [-0.1, -0.05) is 29.8 Å². The molecule has 0 atom stereocenters. The maximum Gasteiger partial charge on any atom is 0.217 e. The normalized spacial score (nSPS) is 10.6. The van der Waals surface area contributed by atoms with Crippen LogP contribution in [-0.4, -0.2) is 9.97 Å². The van der Waals surface area contributed by atoms with Gasteiger partial charge in [0.25, 0.3) is 0 Å². The first-order chi connectivity index (χ1) is 11.1. The lowest BCUT2D eigenvalue weighted by Crippen LogP contribution is -2.01. The third-order valence-electron chi connectivity index (χ3n) is 3.40. The van der Waals surface area contributed by atoms with Crippen molar-refractivity contribution < 1.29 is 9.13 Å². The number of aryl methyl sites for hydroxylation is 2. The summed E-state index contributed by atoms with van der Waals surface area (Å²) in [6.45, 7) is 4.38. The molecular weight excluding hydrogens is 291 g/mol. The lowest BCUT2D eigenvalue weighted by molar-refractivity contribution is 0.293. The Morgan fingerprint density at radius 2 is 1.74 bits per heavy atom. The summed E-state index contributed by atoms with van der Waals surface area (Å²) in [5, 5.41) is 0. The van der Waals surface area contributed by atoms with Crippen molar-refractivity contribution in [3.8, 4) is 17.3 Å². The molecule has 2 aromatic carbocycles. The zero-order valence-electron chi connectivity index (χ0n) is 13.1. The Morgan fingerprint density at radius 1 is 0.957 bits per heavy atom. The molecule has 3 nitrogen and oxygen atoms in total. The Morgan fingerprint density at radius 3 is 2.48 bits per heavy atom. The van der Waals surface area contributed by atoms with Crippen molar-refractivity contribution in [3.05, 3.63) is 77.2 Å². The summed E-state index contributed by atoms with van der Waals surface area (Å²) >= 11 is 0. The highest BCUT2D eigenvalue weighted by molar-refractivity contribution is 5.55. The van der Waals surface area contributed by atoms with Gasteiger partial charge in [0, 0.05) is 17.3 Å². The third-order valence-corrected chi connectivity index (χ3v) is 3.40. The number of ether oxygens (including phenoxy) is 1. The lowest BCUT2D eigenvalue weighted by atomic mass is 10.1. The number of benzene rings is 2. The van der Waals surface area contributed by atoms with Gasteiger partial charge in [-0.3, -0.25) is 0 Å². The van der Waals surface area contributed by atoms with Crippen LogP contribution in [0.5, 0.6) is 5.88 Å². The SMILES string of the molecule is Cc1cccc(COc2cc(C)nc(-c3ccc(F)cc3)n2)c1. The molecule has 0 unspecified atom stereocenters. The van der Waals surface area contributed by atoms with Crippen LogP contribution in [0.2, 0.25) is 0 Å². The van der Waals surface area contributed by atoms with Crippen LogP contribution in [0.4, 0.5) is 4.39 Å². The van der Waals surface area contributed by atoms with Crippen LogP contribution in [0.15, 0.2) is 54.6 Å². The topological polar surface area (TPSA) is 35.0 Å². The van der Waals surface area contributed by atoms with Crippen LogP contribution < -0.4 is 4.74 Å². The second-order valence-electron chi connectivity index (χ2n) is 5.46. The van der Waals surface area contributed by atoms with Crippen molar-refractivity contribution in [1.82, 2.24) is 9.97 Å². The van der Waals surface area contributed by atoms with Crippen LogP contribution in [0.25, 0.3) is 11.4 Å². The monoisotopic (exact) mass is 308 g/mol. The number of rotatable bonds is 4. The van der Waals surface area contributed by atoms with E-state index in [4.69, 9.17) is 4.74 Å². The molecule has 0 radical (unpaired) electrons. The Kier molecular flexibility index (Phi) is 4.33. The van der Waals surface area contributed by atoms with E-state index in [1.54, 1.807) is 18.2 Å². The number of hydrogen-bond donors (Lipinski definition) is 0. The van der Waals surface area contributed by atoms with Gasteiger partial charge in [0.05, 0.1) is 0 Å².